The van der Waals surface area contributed by atoms with E-state index in [4.69, 9.17) is 5.73 Å². The van der Waals surface area contributed by atoms with Gasteiger partial charge in [0.2, 0.25) is 0 Å². The second kappa shape index (κ2) is 5.43. The summed E-state index contributed by atoms with van der Waals surface area (Å²) < 4.78 is 1.36. The third kappa shape index (κ3) is 2.52. The minimum atomic E-state index is -1.01. The summed E-state index contributed by atoms with van der Waals surface area (Å²) in [6, 6.07) is 4.92. The molecule has 24 heavy (non-hydrogen) atoms. The molecule has 0 aliphatic carbocycles. The molecule has 0 unspecified atom stereocenters. The molecular weight excluding hydrogens is 318 g/mol. The van der Waals surface area contributed by atoms with Gasteiger partial charge in [-0.25, -0.2) is 4.98 Å². The third-order valence-electron chi connectivity index (χ3n) is 3.30. The van der Waals surface area contributed by atoms with Gasteiger partial charge in [0.15, 0.2) is 11.1 Å². The quantitative estimate of drug-likeness (QED) is 0.513. The Bertz CT molecular complexity index is 1090. The highest BCUT2D eigenvalue weighted by atomic mass is 16.6. The van der Waals surface area contributed by atoms with Gasteiger partial charge >= 0.3 is 0 Å². The molecule has 0 aliphatic rings. The molecular formula is C14H9N5O5. The molecule has 0 spiro atoms. The van der Waals surface area contributed by atoms with Crippen LogP contribution in [0.3, 0.4) is 0 Å². The average molecular weight is 327 g/mol. The molecule has 10 heteroatoms. The van der Waals surface area contributed by atoms with Gasteiger partial charge < -0.3 is 15.3 Å². The molecule has 0 atom stereocenters. The van der Waals surface area contributed by atoms with Crippen molar-refractivity contribution in [3.8, 4) is 5.69 Å². The molecule has 2 aromatic heterocycles. The van der Waals surface area contributed by atoms with Gasteiger partial charge in [-0.3, -0.25) is 24.5 Å². The van der Waals surface area contributed by atoms with Crippen LogP contribution in [0, 0.1) is 10.1 Å². The van der Waals surface area contributed by atoms with Crippen molar-refractivity contribution in [2.24, 2.45) is 5.73 Å². The number of hydrogen-bond acceptors (Lipinski definition) is 6. The number of pyridine rings is 1. The number of rotatable bonds is 3. The van der Waals surface area contributed by atoms with Crippen LogP contribution in [0.15, 0.2) is 46.2 Å². The van der Waals surface area contributed by atoms with Crippen molar-refractivity contribution in [1.82, 2.24) is 14.5 Å². The molecule has 3 aromatic rings. The fourth-order valence-corrected chi connectivity index (χ4v) is 2.20. The number of hydrogen-bond donors (Lipinski definition) is 2. The summed E-state index contributed by atoms with van der Waals surface area (Å²) in [6.07, 6.45) is 2.72. The van der Waals surface area contributed by atoms with Gasteiger partial charge in [0, 0.05) is 30.6 Å². The first-order valence-electron chi connectivity index (χ1n) is 6.58. The molecule has 0 bridgehead atoms. The normalized spacial score (nSPS) is 10.7. The Morgan fingerprint density at radius 2 is 1.92 bits per heavy atom. The molecule has 0 saturated heterocycles. The summed E-state index contributed by atoms with van der Waals surface area (Å²) in [5.41, 5.74) is 3.52. The standard InChI is InChI=1S/C14H9N5O5/c15-13(21)12-14(22)17-9-6-11(19(23)24)10(5-8(9)16-12)18-3-1-7(20)2-4-18/h1-6H,(H2,15,21)(H,17,22). The Hall–Kier alpha value is -3.82. The van der Waals surface area contributed by atoms with Crippen molar-refractivity contribution < 1.29 is 9.72 Å². The van der Waals surface area contributed by atoms with Crippen LogP contribution < -0.4 is 16.7 Å². The molecule has 0 saturated carbocycles. The number of nitro groups is 1. The molecule has 3 rings (SSSR count). The van der Waals surface area contributed by atoms with Crippen LogP contribution in [0.25, 0.3) is 16.7 Å². The fraction of sp³-hybridized carbons (Fsp3) is 0. The van der Waals surface area contributed by atoms with E-state index in [2.05, 4.69) is 9.97 Å². The first-order valence-corrected chi connectivity index (χ1v) is 6.58. The van der Waals surface area contributed by atoms with E-state index >= 15 is 0 Å². The zero-order valence-electron chi connectivity index (χ0n) is 11.9. The summed E-state index contributed by atoms with van der Waals surface area (Å²) in [5, 5.41) is 11.3. The number of carbonyl (C=O) groups excluding carboxylic acids is 1. The molecule has 2 heterocycles. The third-order valence-corrected chi connectivity index (χ3v) is 3.30. The number of amides is 1. The van der Waals surface area contributed by atoms with Crippen LogP contribution in [0.4, 0.5) is 5.69 Å². The predicted octanol–water partition coefficient (Wildman–Crippen LogP) is 0.0811. The smallest absolute Gasteiger partial charge is 0.295 e. The second-order valence-electron chi connectivity index (χ2n) is 4.84. The van der Waals surface area contributed by atoms with E-state index in [9.17, 15) is 24.5 Å². The Labute approximate surface area is 132 Å². The predicted molar refractivity (Wildman–Crippen MR) is 83.1 cm³/mol. The molecule has 1 amide bonds. The minimum absolute atomic E-state index is 0.0847. The minimum Gasteiger partial charge on any atom is -0.364 e. The first kappa shape index (κ1) is 15.1. The molecule has 120 valence electrons. The van der Waals surface area contributed by atoms with Gasteiger partial charge in [-0.2, -0.15) is 0 Å². The van der Waals surface area contributed by atoms with Crippen molar-refractivity contribution in [1.29, 1.82) is 0 Å². The van der Waals surface area contributed by atoms with Gasteiger partial charge in [-0.1, -0.05) is 0 Å². The molecule has 10 nitrogen and oxygen atoms in total. The molecule has 0 fully saturated rings. The van der Waals surface area contributed by atoms with Crippen LogP contribution in [0.2, 0.25) is 0 Å². The number of nitro benzene ring substituents is 1. The Balaban J connectivity index is 2.36. The lowest BCUT2D eigenvalue weighted by atomic mass is 10.2. The lowest BCUT2D eigenvalue weighted by Gasteiger charge is -2.08. The van der Waals surface area contributed by atoms with Gasteiger partial charge in [-0.05, 0) is 6.07 Å². The second-order valence-corrected chi connectivity index (χ2v) is 4.84. The Morgan fingerprint density at radius 1 is 1.25 bits per heavy atom. The summed E-state index contributed by atoms with van der Waals surface area (Å²) >= 11 is 0. The number of benzene rings is 1. The zero-order chi connectivity index (χ0) is 17.4. The number of nitrogens with one attached hydrogen (secondary N) is 1. The average Bonchev–Trinajstić information content (AvgIpc) is 2.53. The number of aromatic amines is 1. The van der Waals surface area contributed by atoms with Crippen molar-refractivity contribution in [2.75, 3.05) is 0 Å². The number of nitrogens with two attached hydrogens (primary N) is 1. The largest absolute Gasteiger partial charge is 0.364 e. The highest BCUT2D eigenvalue weighted by Crippen LogP contribution is 2.26. The van der Waals surface area contributed by atoms with Crippen LogP contribution in [0.5, 0.6) is 0 Å². The molecule has 0 radical (unpaired) electrons. The van der Waals surface area contributed by atoms with Gasteiger partial charge in [0.1, 0.15) is 5.69 Å². The highest BCUT2D eigenvalue weighted by Gasteiger charge is 2.19. The fourth-order valence-electron chi connectivity index (χ4n) is 2.20. The lowest BCUT2D eigenvalue weighted by molar-refractivity contribution is -0.384. The number of nitrogens with zero attached hydrogens (tertiary/aromatic N) is 3. The number of carbonyl (C=O) groups is 1. The lowest BCUT2D eigenvalue weighted by Crippen LogP contribution is -2.25. The van der Waals surface area contributed by atoms with E-state index in [1.54, 1.807) is 0 Å². The van der Waals surface area contributed by atoms with Crippen LogP contribution >= 0.6 is 0 Å². The Morgan fingerprint density at radius 3 is 2.50 bits per heavy atom. The van der Waals surface area contributed by atoms with E-state index in [1.165, 1.54) is 35.2 Å². The van der Waals surface area contributed by atoms with E-state index in [0.717, 1.165) is 6.07 Å². The van der Waals surface area contributed by atoms with Crippen LogP contribution in [-0.2, 0) is 0 Å². The maximum absolute atomic E-state index is 11.7. The first-order chi connectivity index (χ1) is 11.4. The summed E-state index contributed by atoms with van der Waals surface area (Å²) in [4.78, 5) is 51.0. The van der Waals surface area contributed by atoms with Crippen LogP contribution in [0.1, 0.15) is 10.5 Å². The summed E-state index contributed by atoms with van der Waals surface area (Å²) in [5.74, 6) is -1.01. The van der Waals surface area contributed by atoms with Gasteiger partial charge in [-0.15, -0.1) is 0 Å². The SMILES string of the molecule is NC(=O)c1nc2cc(-n3ccc(=O)cc3)c([N+](=O)[O-])cc2[nH]c1=O. The van der Waals surface area contributed by atoms with Gasteiger partial charge in [0.25, 0.3) is 17.2 Å². The molecule has 3 N–H and O–H groups in total. The van der Waals surface area contributed by atoms with E-state index in [0.29, 0.717) is 0 Å². The van der Waals surface area contributed by atoms with Crippen molar-refractivity contribution in [3.63, 3.8) is 0 Å². The zero-order valence-corrected chi connectivity index (χ0v) is 11.9. The van der Waals surface area contributed by atoms with Crippen molar-refractivity contribution >= 4 is 22.6 Å². The maximum Gasteiger partial charge on any atom is 0.295 e. The van der Waals surface area contributed by atoms with E-state index < -0.39 is 22.1 Å². The van der Waals surface area contributed by atoms with E-state index in [1.807, 2.05) is 0 Å². The van der Waals surface area contributed by atoms with Crippen LogP contribution in [-0.4, -0.2) is 25.4 Å². The monoisotopic (exact) mass is 327 g/mol. The van der Waals surface area contributed by atoms with Crippen molar-refractivity contribution in [2.45, 2.75) is 0 Å². The topological polar surface area (TPSA) is 154 Å². The Kier molecular flexibility index (Phi) is 3.41. The summed E-state index contributed by atoms with van der Waals surface area (Å²) in [7, 11) is 0. The number of H-pyrrole nitrogens is 1. The number of primary amides is 1. The van der Waals surface area contributed by atoms with E-state index in [-0.39, 0.29) is 27.8 Å². The number of aromatic nitrogens is 3. The maximum atomic E-state index is 11.7. The highest BCUT2D eigenvalue weighted by molar-refractivity contribution is 5.93. The van der Waals surface area contributed by atoms with Gasteiger partial charge in [0.05, 0.1) is 16.0 Å². The van der Waals surface area contributed by atoms with Crippen molar-refractivity contribution in [3.05, 3.63) is 73.0 Å². The molecule has 1 aromatic carbocycles. The number of fused-ring (bicyclic) bond motifs is 1. The summed E-state index contributed by atoms with van der Waals surface area (Å²) in [6.45, 7) is 0. The molecule has 0 aliphatic heterocycles.